The van der Waals surface area contributed by atoms with Gasteiger partial charge in [0.1, 0.15) is 0 Å². The number of aliphatic imine (C=N–C) groups is 1. The third-order valence-electron chi connectivity index (χ3n) is 4.42. The van der Waals surface area contributed by atoms with E-state index in [1.165, 1.54) is 42.4 Å². The van der Waals surface area contributed by atoms with Crippen LogP contribution in [0.25, 0.3) is 0 Å². The van der Waals surface area contributed by atoms with Crippen LogP contribution in [-0.2, 0) is 6.42 Å². The molecule has 1 aliphatic heterocycles. The Labute approximate surface area is 174 Å². The second-order valence-electron chi connectivity index (χ2n) is 6.68. The zero-order chi connectivity index (χ0) is 17.2. The molecule has 7 heteroatoms. The van der Waals surface area contributed by atoms with E-state index in [0.717, 1.165) is 44.4 Å². The van der Waals surface area contributed by atoms with Crippen LogP contribution in [0.5, 0.6) is 0 Å². The number of hydrogen-bond donors (Lipinski definition) is 2. The summed E-state index contributed by atoms with van der Waals surface area (Å²) in [6.45, 7) is 12.9. The van der Waals surface area contributed by atoms with Gasteiger partial charge >= 0.3 is 0 Å². The summed E-state index contributed by atoms with van der Waals surface area (Å²) in [6.07, 6.45) is 6.74. The summed E-state index contributed by atoms with van der Waals surface area (Å²) in [4.78, 5) is 13.0. The Morgan fingerprint density at radius 3 is 2.76 bits per heavy atom. The fourth-order valence-electron chi connectivity index (χ4n) is 2.92. The van der Waals surface area contributed by atoms with Crippen LogP contribution in [0.1, 0.15) is 43.0 Å². The number of nitrogens with zero attached hydrogens (tertiary/aromatic N) is 3. The molecule has 1 aromatic heterocycles. The third-order valence-corrected chi connectivity index (χ3v) is 5.40. The topological polar surface area (TPSA) is 52.6 Å². The van der Waals surface area contributed by atoms with E-state index in [2.05, 4.69) is 41.3 Å². The van der Waals surface area contributed by atoms with Crippen LogP contribution in [-0.4, -0.2) is 55.1 Å². The smallest absolute Gasteiger partial charge is 0.191 e. The zero-order valence-corrected chi connectivity index (χ0v) is 19.0. The van der Waals surface area contributed by atoms with Crippen LogP contribution in [0.2, 0.25) is 0 Å². The molecule has 5 nitrogen and oxygen atoms in total. The Kier molecular flexibility index (Phi) is 11.6. The second kappa shape index (κ2) is 12.9. The van der Waals surface area contributed by atoms with Crippen molar-refractivity contribution in [3.8, 4) is 0 Å². The molecule has 2 heterocycles. The first-order valence-electron chi connectivity index (χ1n) is 9.33. The summed E-state index contributed by atoms with van der Waals surface area (Å²) in [5.74, 6) is 1.84. The number of likely N-dealkylation sites (tertiary alicyclic amines) is 1. The van der Waals surface area contributed by atoms with Crippen molar-refractivity contribution >= 4 is 41.3 Å². The molecule has 144 valence electrons. The molecule has 2 N–H and O–H groups in total. The van der Waals surface area contributed by atoms with Gasteiger partial charge in [0.05, 0.1) is 5.01 Å². The summed E-state index contributed by atoms with van der Waals surface area (Å²) in [7, 11) is 0. The van der Waals surface area contributed by atoms with Gasteiger partial charge in [0.25, 0.3) is 0 Å². The van der Waals surface area contributed by atoms with Crippen LogP contribution < -0.4 is 10.6 Å². The van der Waals surface area contributed by atoms with Gasteiger partial charge in [-0.15, -0.1) is 35.3 Å². The van der Waals surface area contributed by atoms with Crippen LogP contribution in [0.15, 0.2) is 11.2 Å². The summed E-state index contributed by atoms with van der Waals surface area (Å²) in [5, 5.41) is 7.93. The van der Waals surface area contributed by atoms with E-state index in [9.17, 15) is 0 Å². The van der Waals surface area contributed by atoms with Gasteiger partial charge in [0.15, 0.2) is 5.96 Å². The van der Waals surface area contributed by atoms with Gasteiger partial charge in [-0.25, -0.2) is 4.98 Å². The zero-order valence-electron chi connectivity index (χ0n) is 15.9. The fraction of sp³-hybridized carbons (Fsp3) is 0.778. The van der Waals surface area contributed by atoms with Crippen LogP contribution in [0, 0.1) is 12.8 Å². The molecule has 0 amide bonds. The molecule has 1 aliphatic rings. The SMILES string of the molecule is CCNC(=NCCCN1CCC(C)CC1)NCCc1ncc(C)s1.I. The quantitative estimate of drug-likeness (QED) is 0.260. The molecule has 0 radical (unpaired) electrons. The molecule has 0 atom stereocenters. The second-order valence-corrected chi connectivity index (χ2v) is 8.00. The predicted molar refractivity (Wildman–Crippen MR) is 119 cm³/mol. The van der Waals surface area contributed by atoms with Crippen molar-refractivity contribution in [2.75, 3.05) is 39.3 Å². The Balaban J connectivity index is 0.00000312. The average Bonchev–Trinajstić information content (AvgIpc) is 2.98. The molecule has 0 aliphatic carbocycles. The van der Waals surface area contributed by atoms with Gasteiger partial charge in [0, 0.05) is 37.1 Å². The molecule has 0 aromatic carbocycles. The number of aryl methyl sites for hydroxylation is 1. The highest BCUT2D eigenvalue weighted by atomic mass is 127. The molecule has 1 saturated heterocycles. The number of halogens is 1. The van der Waals surface area contributed by atoms with E-state index in [0.29, 0.717) is 0 Å². The van der Waals surface area contributed by atoms with Crippen molar-refractivity contribution in [1.29, 1.82) is 0 Å². The highest BCUT2D eigenvalue weighted by molar-refractivity contribution is 14.0. The molecule has 2 rings (SSSR count). The molecular weight excluding hydrogens is 445 g/mol. The number of aromatic nitrogens is 1. The van der Waals surface area contributed by atoms with E-state index in [-0.39, 0.29) is 24.0 Å². The maximum Gasteiger partial charge on any atom is 0.191 e. The van der Waals surface area contributed by atoms with E-state index in [4.69, 9.17) is 4.99 Å². The highest BCUT2D eigenvalue weighted by Gasteiger charge is 2.14. The standard InChI is InChI=1S/C18H33N5S.HI/c1-4-19-18(21-10-6-17-22-14-16(3)24-17)20-9-5-11-23-12-7-15(2)8-13-23;/h14-15H,4-13H2,1-3H3,(H2,19,20,21);1H. The maximum absolute atomic E-state index is 4.70. The van der Waals surface area contributed by atoms with E-state index < -0.39 is 0 Å². The number of nitrogens with one attached hydrogen (secondary N) is 2. The average molecular weight is 479 g/mol. The summed E-state index contributed by atoms with van der Waals surface area (Å²) in [5.41, 5.74) is 0. The molecule has 0 saturated carbocycles. The van der Waals surface area contributed by atoms with Gasteiger partial charge in [-0.05, 0) is 58.7 Å². The number of thiazole rings is 1. The van der Waals surface area contributed by atoms with Gasteiger partial charge < -0.3 is 15.5 Å². The largest absolute Gasteiger partial charge is 0.357 e. The Morgan fingerprint density at radius 2 is 2.12 bits per heavy atom. The highest BCUT2D eigenvalue weighted by Crippen LogP contribution is 2.15. The lowest BCUT2D eigenvalue weighted by Gasteiger charge is -2.29. The molecular formula is C18H34IN5S. The minimum atomic E-state index is 0. The lowest BCUT2D eigenvalue weighted by molar-refractivity contribution is 0.192. The molecule has 1 aromatic rings. The maximum atomic E-state index is 4.70. The van der Waals surface area contributed by atoms with Crippen LogP contribution in [0.4, 0.5) is 0 Å². The van der Waals surface area contributed by atoms with Crippen molar-refractivity contribution in [1.82, 2.24) is 20.5 Å². The monoisotopic (exact) mass is 479 g/mol. The summed E-state index contributed by atoms with van der Waals surface area (Å²) >= 11 is 1.77. The van der Waals surface area contributed by atoms with E-state index in [1.54, 1.807) is 11.3 Å². The van der Waals surface area contributed by atoms with Gasteiger partial charge in [-0.2, -0.15) is 0 Å². The molecule has 0 spiro atoms. The Bertz CT molecular complexity index is 497. The van der Waals surface area contributed by atoms with Gasteiger partial charge in [-0.1, -0.05) is 6.92 Å². The predicted octanol–water partition coefficient (Wildman–Crippen LogP) is 3.29. The van der Waals surface area contributed by atoms with Crippen molar-refractivity contribution < 1.29 is 0 Å². The summed E-state index contributed by atoms with van der Waals surface area (Å²) < 4.78 is 0. The molecule has 1 fully saturated rings. The Morgan fingerprint density at radius 1 is 1.36 bits per heavy atom. The van der Waals surface area contributed by atoms with E-state index in [1.807, 2.05) is 6.20 Å². The lowest BCUT2D eigenvalue weighted by atomic mass is 9.99. The number of guanidine groups is 1. The molecule has 0 bridgehead atoms. The third kappa shape index (κ3) is 9.19. The van der Waals surface area contributed by atoms with Crippen molar-refractivity contribution in [3.05, 3.63) is 16.1 Å². The lowest BCUT2D eigenvalue weighted by Crippen LogP contribution is -2.38. The first-order valence-corrected chi connectivity index (χ1v) is 10.1. The number of rotatable bonds is 8. The fourth-order valence-corrected chi connectivity index (χ4v) is 3.70. The van der Waals surface area contributed by atoms with Gasteiger partial charge in [-0.3, -0.25) is 4.99 Å². The van der Waals surface area contributed by atoms with Crippen molar-refractivity contribution in [3.63, 3.8) is 0 Å². The van der Waals surface area contributed by atoms with Crippen LogP contribution in [0.3, 0.4) is 0 Å². The normalized spacial score (nSPS) is 16.5. The minimum absolute atomic E-state index is 0. The first kappa shape index (κ1) is 22.6. The summed E-state index contributed by atoms with van der Waals surface area (Å²) in [6, 6.07) is 0. The molecule has 0 unspecified atom stereocenters. The first-order chi connectivity index (χ1) is 11.7. The number of piperidine rings is 1. The van der Waals surface area contributed by atoms with Gasteiger partial charge in [0.2, 0.25) is 0 Å². The van der Waals surface area contributed by atoms with Crippen molar-refractivity contribution in [2.45, 2.75) is 46.5 Å². The van der Waals surface area contributed by atoms with Crippen molar-refractivity contribution in [2.24, 2.45) is 10.9 Å². The van der Waals surface area contributed by atoms with Crippen LogP contribution >= 0.6 is 35.3 Å². The molecule has 25 heavy (non-hydrogen) atoms. The Hall–Kier alpha value is -0.410. The minimum Gasteiger partial charge on any atom is -0.357 e. The van der Waals surface area contributed by atoms with E-state index >= 15 is 0 Å². The number of hydrogen-bond acceptors (Lipinski definition) is 4.